The van der Waals surface area contributed by atoms with Crippen LogP contribution in [-0.4, -0.2) is 5.97 Å². The molecule has 0 radical (unpaired) electrons. The summed E-state index contributed by atoms with van der Waals surface area (Å²) in [5.41, 5.74) is 5.85. The molecule has 0 unspecified atom stereocenters. The Balaban J connectivity index is 2.67. The average molecular weight is 256 g/mol. The van der Waals surface area contributed by atoms with Crippen molar-refractivity contribution in [1.29, 1.82) is 0 Å². The SMILES string of the molecule is CC(=O)Oc1cc2c(C)ccc(C(C)C)cc-2c1C. The average Bonchev–Trinajstić information content (AvgIpc) is 2.51. The smallest absolute Gasteiger partial charge is 0.308 e. The molecule has 100 valence electrons. The van der Waals surface area contributed by atoms with Gasteiger partial charge in [0.15, 0.2) is 0 Å². The summed E-state index contributed by atoms with van der Waals surface area (Å²) in [5, 5.41) is 0. The lowest BCUT2D eigenvalue weighted by Crippen LogP contribution is -2.00. The highest BCUT2D eigenvalue weighted by atomic mass is 16.5. The van der Waals surface area contributed by atoms with Crippen molar-refractivity contribution in [3.05, 3.63) is 41.0 Å². The number of hydrogen-bond acceptors (Lipinski definition) is 2. The third-order valence-corrected chi connectivity index (χ3v) is 3.52. The molecule has 0 aliphatic heterocycles. The molecule has 0 fully saturated rings. The molecule has 2 nitrogen and oxygen atoms in total. The second-order valence-electron chi connectivity index (χ2n) is 5.37. The van der Waals surface area contributed by atoms with Crippen LogP contribution in [0.3, 0.4) is 0 Å². The fourth-order valence-corrected chi connectivity index (χ4v) is 2.31. The molecule has 0 saturated heterocycles. The maximum absolute atomic E-state index is 11.1. The van der Waals surface area contributed by atoms with Crippen LogP contribution in [0.5, 0.6) is 5.75 Å². The van der Waals surface area contributed by atoms with Crippen molar-refractivity contribution in [2.45, 2.75) is 40.5 Å². The van der Waals surface area contributed by atoms with E-state index in [0.29, 0.717) is 11.7 Å². The molecule has 2 rings (SSSR count). The topological polar surface area (TPSA) is 26.3 Å². The quantitative estimate of drug-likeness (QED) is 0.742. The molecule has 2 aliphatic rings. The summed E-state index contributed by atoms with van der Waals surface area (Å²) in [6, 6.07) is 8.47. The van der Waals surface area contributed by atoms with Crippen molar-refractivity contribution in [3.63, 3.8) is 0 Å². The Labute approximate surface area is 114 Å². The van der Waals surface area contributed by atoms with E-state index < -0.39 is 0 Å². The van der Waals surface area contributed by atoms with Gasteiger partial charge in [-0.2, -0.15) is 0 Å². The number of carbonyl (C=O) groups excluding carboxylic acids is 1. The van der Waals surface area contributed by atoms with Gasteiger partial charge >= 0.3 is 5.97 Å². The van der Waals surface area contributed by atoms with Crippen molar-refractivity contribution in [2.75, 3.05) is 0 Å². The summed E-state index contributed by atoms with van der Waals surface area (Å²) < 4.78 is 5.28. The zero-order valence-electron chi connectivity index (χ0n) is 12.2. The van der Waals surface area contributed by atoms with Crippen LogP contribution in [-0.2, 0) is 4.79 Å². The first-order valence-corrected chi connectivity index (χ1v) is 6.62. The standard InChI is InChI=1S/C17H20O2/c1-10(2)14-7-6-11(3)15-9-17(19-13(5)18)12(4)16(15)8-14/h6-10H,1-5H3. The highest BCUT2D eigenvalue weighted by Gasteiger charge is 2.17. The summed E-state index contributed by atoms with van der Waals surface area (Å²) in [7, 11) is 0. The van der Waals surface area contributed by atoms with Gasteiger partial charge in [0.25, 0.3) is 0 Å². The van der Waals surface area contributed by atoms with Crippen LogP contribution in [0.1, 0.15) is 43.4 Å². The van der Waals surface area contributed by atoms with Gasteiger partial charge in [-0.15, -0.1) is 0 Å². The molecule has 0 N–H and O–H groups in total. The summed E-state index contributed by atoms with van der Waals surface area (Å²) >= 11 is 0. The normalized spacial score (nSPS) is 11.1. The Kier molecular flexibility index (Phi) is 3.61. The minimum atomic E-state index is -0.274. The van der Waals surface area contributed by atoms with Gasteiger partial charge < -0.3 is 4.74 Å². The van der Waals surface area contributed by atoms with Gasteiger partial charge in [-0.3, -0.25) is 4.79 Å². The molecular formula is C17H20O2. The third kappa shape index (κ3) is 2.62. The molecule has 2 aliphatic carbocycles. The van der Waals surface area contributed by atoms with Crippen molar-refractivity contribution < 1.29 is 9.53 Å². The molecule has 0 atom stereocenters. The van der Waals surface area contributed by atoms with E-state index in [1.165, 1.54) is 23.6 Å². The fourth-order valence-electron chi connectivity index (χ4n) is 2.31. The zero-order chi connectivity index (χ0) is 14.2. The first-order valence-electron chi connectivity index (χ1n) is 6.62. The monoisotopic (exact) mass is 256 g/mol. The molecule has 0 bridgehead atoms. The Bertz CT molecular complexity index is 597. The molecule has 0 heterocycles. The number of hydrogen-bond donors (Lipinski definition) is 0. The minimum absolute atomic E-state index is 0.274. The number of esters is 1. The predicted molar refractivity (Wildman–Crippen MR) is 77.9 cm³/mol. The second-order valence-corrected chi connectivity index (χ2v) is 5.37. The van der Waals surface area contributed by atoms with Gasteiger partial charge in [-0.05, 0) is 53.6 Å². The van der Waals surface area contributed by atoms with E-state index in [2.05, 4.69) is 39.0 Å². The Morgan fingerprint density at radius 2 is 1.79 bits per heavy atom. The summed E-state index contributed by atoms with van der Waals surface area (Å²) in [6.07, 6.45) is 0. The second kappa shape index (κ2) is 5.04. The van der Waals surface area contributed by atoms with Gasteiger partial charge in [0, 0.05) is 6.92 Å². The van der Waals surface area contributed by atoms with E-state index in [0.717, 1.165) is 11.1 Å². The van der Waals surface area contributed by atoms with Crippen LogP contribution in [0.15, 0.2) is 24.3 Å². The lowest BCUT2D eigenvalue weighted by Gasteiger charge is -2.03. The largest absolute Gasteiger partial charge is 0.426 e. The van der Waals surface area contributed by atoms with Gasteiger partial charge in [0.1, 0.15) is 5.75 Å². The van der Waals surface area contributed by atoms with Crippen LogP contribution in [0.2, 0.25) is 0 Å². The Hall–Kier alpha value is -1.83. The van der Waals surface area contributed by atoms with Crippen LogP contribution >= 0.6 is 0 Å². The van der Waals surface area contributed by atoms with Gasteiger partial charge in [0.2, 0.25) is 0 Å². The summed E-state index contributed by atoms with van der Waals surface area (Å²) in [6.45, 7) is 9.89. The number of rotatable bonds is 2. The lowest BCUT2D eigenvalue weighted by molar-refractivity contribution is -0.131. The Morgan fingerprint density at radius 3 is 2.37 bits per heavy atom. The molecule has 0 saturated carbocycles. The fraction of sp³-hybridized carbons (Fsp3) is 0.353. The van der Waals surface area contributed by atoms with E-state index >= 15 is 0 Å². The Morgan fingerprint density at radius 1 is 1.11 bits per heavy atom. The first-order chi connectivity index (χ1) is 8.90. The van der Waals surface area contributed by atoms with E-state index in [4.69, 9.17) is 4.74 Å². The number of aryl methyl sites for hydroxylation is 1. The molecule has 0 spiro atoms. The molecule has 0 aromatic carbocycles. The van der Waals surface area contributed by atoms with E-state index in [9.17, 15) is 4.79 Å². The van der Waals surface area contributed by atoms with Crippen molar-refractivity contribution in [3.8, 4) is 16.9 Å². The highest BCUT2D eigenvalue weighted by Crippen LogP contribution is 2.39. The van der Waals surface area contributed by atoms with Crippen LogP contribution in [0.25, 0.3) is 11.1 Å². The number of ether oxygens (including phenoxy) is 1. The predicted octanol–water partition coefficient (Wildman–Crippen LogP) is 4.46. The van der Waals surface area contributed by atoms with Crippen molar-refractivity contribution >= 4 is 5.97 Å². The molecule has 2 heteroatoms. The molecule has 0 aromatic heterocycles. The summed E-state index contributed by atoms with van der Waals surface area (Å²) in [5.74, 6) is 0.873. The van der Waals surface area contributed by atoms with Gasteiger partial charge in [-0.1, -0.05) is 32.0 Å². The molecular weight excluding hydrogens is 236 g/mol. The zero-order valence-corrected chi connectivity index (χ0v) is 12.2. The van der Waals surface area contributed by atoms with Crippen LogP contribution in [0.4, 0.5) is 0 Å². The maximum Gasteiger partial charge on any atom is 0.308 e. The minimum Gasteiger partial charge on any atom is -0.426 e. The van der Waals surface area contributed by atoms with E-state index in [1.54, 1.807) is 0 Å². The van der Waals surface area contributed by atoms with E-state index in [1.807, 2.05) is 13.0 Å². The summed E-state index contributed by atoms with van der Waals surface area (Å²) in [4.78, 5) is 11.1. The molecule has 0 aromatic rings. The van der Waals surface area contributed by atoms with Gasteiger partial charge in [-0.25, -0.2) is 0 Å². The molecule has 0 amide bonds. The van der Waals surface area contributed by atoms with Crippen molar-refractivity contribution in [2.24, 2.45) is 0 Å². The van der Waals surface area contributed by atoms with Crippen LogP contribution in [0, 0.1) is 13.8 Å². The number of fused-ring (bicyclic) bond motifs is 1. The van der Waals surface area contributed by atoms with Crippen LogP contribution < -0.4 is 4.74 Å². The third-order valence-electron chi connectivity index (χ3n) is 3.52. The first kappa shape index (κ1) is 13.6. The highest BCUT2D eigenvalue weighted by molar-refractivity contribution is 5.81. The lowest BCUT2D eigenvalue weighted by atomic mass is 10.0. The maximum atomic E-state index is 11.1. The van der Waals surface area contributed by atoms with E-state index in [-0.39, 0.29) is 5.97 Å². The van der Waals surface area contributed by atoms with Gasteiger partial charge in [0.05, 0.1) is 0 Å². The van der Waals surface area contributed by atoms with Crippen molar-refractivity contribution in [1.82, 2.24) is 0 Å². The number of carbonyl (C=O) groups is 1. The molecule has 19 heavy (non-hydrogen) atoms.